The van der Waals surface area contributed by atoms with Crippen LogP contribution in [0, 0.1) is 5.82 Å². The lowest BCUT2D eigenvalue weighted by Gasteiger charge is -2.27. The molecule has 3 aromatic rings. The Bertz CT molecular complexity index is 1500. The zero-order valence-corrected chi connectivity index (χ0v) is 24.7. The lowest BCUT2D eigenvalue weighted by atomic mass is 9.84. The average molecular weight is 564 g/mol. The first-order chi connectivity index (χ1) is 18.6. The second-order valence-corrected chi connectivity index (χ2v) is 12.4. The minimum Gasteiger partial charge on any atom is -0.507 e. The third-order valence-corrected chi connectivity index (χ3v) is 7.37. The molecule has 1 heterocycles. The summed E-state index contributed by atoms with van der Waals surface area (Å²) >= 11 is 6.07. The van der Waals surface area contributed by atoms with Crippen molar-refractivity contribution < 1.29 is 23.8 Å². The fourth-order valence-corrected chi connectivity index (χ4v) is 5.09. The second kappa shape index (κ2) is 10.7. The highest BCUT2D eigenvalue weighted by Crippen LogP contribution is 2.44. The van der Waals surface area contributed by atoms with E-state index in [9.17, 15) is 19.1 Å². The predicted molar refractivity (Wildman–Crippen MR) is 158 cm³/mol. The van der Waals surface area contributed by atoms with Crippen molar-refractivity contribution in [3.05, 3.63) is 99.3 Å². The quantitative estimate of drug-likeness (QED) is 0.193. The van der Waals surface area contributed by atoms with Gasteiger partial charge in [0.05, 0.1) is 23.2 Å². The molecule has 3 aromatic carbocycles. The van der Waals surface area contributed by atoms with Crippen LogP contribution in [0.15, 0.2) is 66.2 Å². The highest BCUT2D eigenvalue weighted by atomic mass is 35.5. The first-order valence-electron chi connectivity index (χ1n) is 13.3. The van der Waals surface area contributed by atoms with Crippen molar-refractivity contribution in [1.29, 1.82) is 0 Å². The first kappa shape index (κ1) is 29.3. The van der Waals surface area contributed by atoms with Crippen LogP contribution in [0.2, 0.25) is 5.02 Å². The zero-order chi connectivity index (χ0) is 29.6. The molecular formula is C33H35ClFNO4. The number of rotatable bonds is 5. The third-order valence-electron chi connectivity index (χ3n) is 7.08. The van der Waals surface area contributed by atoms with Gasteiger partial charge in [-0.15, -0.1) is 0 Å². The van der Waals surface area contributed by atoms with Gasteiger partial charge in [-0.2, -0.15) is 0 Å². The van der Waals surface area contributed by atoms with Crippen molar-refractivity contribution in [2.45, 2.75) is 65.3 Å². The van der Waals surface area contributed by atoms with Gasteiger partial charge >= 0.3 is 0 Å². The number of nitrogens with zero attached hydrogens (tertiary/aromatic N) is 1. The average Bonchev–Trinajstić information content (AvgIpc) is 3.15. The van der Waals surface area contributed by atoms with Gasteiger partial charge in [0.25, 0.3) is 11.7 Å². The number of halogens is 2. The molecule has 1 amide bonds. The van der Waals surface area contributed by atoms with Gasteiger partial charge in [0, 0.05) is 16.8 Å². The van der Waals surface area contributed by atoms with E-state index in [-0.39, 0.29) is 32.9 Å². The summed E-state index contributed by atoms with van der Waals surface area (Å²) in [6, 6.07) is 15.7. The Morgan fingerprint density at radius 3 is 2.15 bits per heavy atom. The second-order valence-electron chi connectivity index (χ2n) is 12.0. The van der Waals surface area contributed by atoms with Gasteiger partial charge in [-0.25, -0.2) is 4.39 Å². The number of aliphatic hydroxyl groups excluding tert-OH is 1. The molecule has 0 saturated carbocycles. The fraction of sp³-hybridized carbons (Fsp3) is 0.333. The van der Waals surface area contributed by atoms with Gasteiger partial charge in [-0.05, 0) is 65.3 Å². The highest BCUT2D eigenvalue weighted by Gasteiger charge is 2.47. The van der Waals surface area contributed by atoms with Crippen LogP contribution in [0.3, 0.4) is 0 Å². The minimum absolute atomic E-state index is 0.0574. The number of carbonyl (C=O) groups excluding carboxylic acids is 2. The summed E-state index contributed by atoms with van der Waals surface area (Å²) in [7, 11) is 0. The summed E-state index contributed by atoms with van der Waals surface area (Å²) in [5.74, 6) is -1.93. The van der Waals surface area contributed by atoms with E-state index in [4.69, 9.17) is 16.3 Å². The van der Waals surface area contributed by atoms with E-state index in [2.05, 4.69) is 20.8 Å². The number of benzene rings is 3. The molecule has 4 rings (SSSR count). The standard InChI is InChI=1S/C33H35ClFNO4/c1-8-40-26-16-11-20(17-23(26)33(5,6)7)29(37)27-28(19-9-12-21(13-10-19)32(2,3)4)36(31(39)30(27)38)22-14-15-25(35)24(34)18-22/h9-18,28,37H,8H2,1-7H3/b29-27-. The third kappa shape index (κ3) is 5.50. The van der Waals surface area contributed by atoms with Gasteiger partial charge in [0.2, 0.25) is 0 Å². The minimum atomic E-state index is -0.958. The van der Waals surface area contributed by atoms with Crippen LogP contribution in [0.1, 0.15) is 76.8 Å². The number of amides is 1. The number of aliphatic hydroxyl groups is 1. The Kier molecular flexibility index (Phi) is 7.88. The van der Waals surface area contributed by atoms with Crippen molar-refractivity contribution in [2.24, 2.45) is 0 Å². The fourth-order valence-electron chi connectivity index (χ4n) is 4.91. The van der Waals surface area contributed by atoms with Crippen LogP contribution in [0.4, 0.5) is 10.1 Å². The zero-order valence-electron chi connectivity index (χ0n) is 23.9. The molecule has 0 aliphatic carbocycles. The van der Waals surface area contributed by atoms with Gasteiger partial charge in [-0.3, -0.25) is 14.5 Å². The van der Waals surface area contributed by atoms with Crippen LogP contribution < -0.4 is 9.64 Å². The predicted octanol–water partition coefficient (Wildman–Crippen LogP) is 8.10. The van der Waals surface area contributed by atoms with E-state index in [1.165, 1.54) is 17.0 Å². The number of carbonyl (C=O) groups is 2. The van der Waals surface area contributed by atoms with E-state index in [1.54, 1.807) is 18.2 Å². The van der Waals surface area contributed by atoms with E-state index in [0.717, 1.165) is 17.2 Å². The normalized spacial score (nSPS) is 17.4. The smallest absolute Gasteiger partial charge is 0.300 e. The Labute approximate surface area is 240 Å². The summed E-state index contributed by atoms with van der Waals surface area (Å²) in [5.41, 5.74) is 2.69. The van der Waals surface area contributed by atoms with Crippen molar-refractivity contribution in [1.82, 2.24) is 0 Å². The summed E-state index contributed by atoms with van der Waals surface area (Å²) in [5, 5.41) is 11.5. The van der Waals surface area contributed by atoms with Crippen molar-refractivity contribution in [3.8, 4) is 5.75 Å². The molecule has 210 valence electrons. The van der Waals surface area contributed by atoms with E-state index in [0.29, 0.717) is 23.5 Å². The maximum absolute atomic E-state index is 14.0. The van der Waals surface area contributed by atoms with Gasteiger partial charge in [0.15, 0.2) is 0 Å². The lowest BCUT2D eigenvalue weighted by molar-refractivity contribution is -0.132. The van der Waals surface area contributed by atoms with Crippen molar-refractivity contribution in [2.75, 3.05) is 11.5 Å². The van der Waals surface area contributed by atoms with Crippen molar-refractivity contribution in [3.63, 3.8) is 0 Å². The van der Waals surface area contributed by atoms with E-state index >= 15 is 0 Å². The summed E-state index contributed by atoms with van der Waals surface area (Å²) in [6.45, 7) is 14.7. The number of anilines is 1. The van der Waals surface area contributed by atoms with Crippen LogP contribution in [0.25, 0.3) is 5.76 Å². The van der Waals surface area contributed by atoms with Crippen LogP contribution in [-0.4, -0.2) is 23.4 Å². The topological polar surface area (TPSA) is 66.8 Å². The Morgan fingerprint density at radius 2 is 1.60 bits per heavy atom. The van der Waals surface area contributed by atoms with Crippen molar-refractivity contribution >= 4 is 34.7 Å². The van der Waals surface area contributed by atoms with Crippen LogP contribution in [-0.2, 0) is 20.4 Å². The Morgan fingerprint density at radius 1 is 0.950 bits per heavy atom. The van der Waals surface area contributed by atoms with Gasteiger partial charge in [-0.1, -0.05) is 77.4 Å². The summed E-state index contributed by atoms with van der Waals surface area (Å²) in [6.07, 6.45) is 0. The lowest BCUT2D eigenvalue weighted by Crippen LogP contribution is -2.29. The monoisotopic (exact) mass is 563 g/mol. The molecule has 1 N–H and O–H groups in total. The maximum atomic E-state index is 14.0. The summed E-state index contributed by atoms with van der Waals surface area (Å²) < 4.78 is 19.8. The molecule has 0 aromatic heterocycles. The molecule has 40 heavy (non-hydrogen) atoms. The molecule has 5 nitrogen and oxygen atoms in total. The Balaban J connectivity index is 1.96. The Hall–Kier alpha value is -3.64. The molecule has 1 saturated heterocycles. The van der Waals surface area contributed by atoms with Crippen LogP contribution in [0.5, 0.6) is 5.75 Å². The largest absolute Gasteiger partial charge is 0.507 e. The summed E-state index contributed by atoms with van der Waals surface area (Å²) in [4.78, 5) is 28.3. The molecule has 0 spiro atoms. The molecule has 1 aliphatic heterocycles. The number of hydrogen-bond acceptors (Lipinski definition) is 4. The van der Waals surface area contributed by atoms with E-state index in [1.807, 2.05) is 52.0 Å². The number of Topliss-reactive ketones (excluding diaryl/α,β-unsaturated/α-hetero) is 1. The number of hydrogen-bond donors (Lipinski definition) is 1. The number of ketones is 1. The van der Waals surface area contributed by atoms with Crippen LogP contribution >= 0.6 is 11.6 Å². The van der Waals surface area contributed by atoms with Gasteiger partial charge < -0.3 is 9.84 Å². The molecule has 1 fully saturated rings. The molecule has 1 atom stereocenters. The first-order valence-corrected chi connectivity index (χ1v) is 13.7. The molecule has 7 heteroatoms. The van der Waals surface area contributed by atoms with Gasteiger partial charge in [0.1, 0.15) is 17.3 Å². The maximum Gasteiger partial charge on any atom is 0.300 e. The molecule has 0 radical (unpaired) electrons. The molecule has 0 bridgehead atoms. The molecule has 1 aliphatic rings. The SMILES string of the molecule is CCOc1ccc(/C(O)=C2/C(=O)C(=O)N(c3ccc(F)c(Cl)c3)C2c2ccc(C(C)(C)C)cc2)cc1C(C)(C)C. The highest BCUT2D eigenvalue weighted by molar-refractivity contribution is 6.51. The molecular weight excluding hydrogens is 529 g/mol. The van der Waals surface area contributed by atoms with E-state index < -0.39 is 23.5 Å². The number of ether oxygens (including phenoxy) is 1. The molecule has 1 unspecified atom stereocenters.